The van der Waals surface area contributed by atoms with E-state index in [1.165, 1.54) is 0 Å². The molecule has 0 saturated carbocycles. The van der Waals surface area contributed by atoms with Crippen molar-refractivity contribution >= 4 is 34.8 Å². The van der Waals surface area contributed by atoms with E-state index in [2.05, 4.69) is 28.7 Å². The van der Waals surface area contributed by atoms with Crippen molar-refractivity contribution in [1.29, 1.82) is 0 Å². The molecule has 0 bridgehead atoms. The Morgan fingerprint density at radius 3 is 2.65 bits per heavy atom. The molecule has 1 aromatic rings. The number of aromatic nitrogens is 2. The highest BCUT2D eigenvalue weighted by Gasteiger charge is 2.13. The Kier molecular flexibility index (Phi) is 5.14. The molecule has 1 unspecified atom stereocenters. The average molecular weight is 270 g/mol. The van der Waals surface area contributed by atoms with Gasteiger partial charge in [0.1, 0.15) is 4.99 Å². The van der Waals surface area contributed by atoms with Crippen molar-refractivity contribution < 1.29 is 0 Å². The van der Waals surface area contributed by atoms with Crippen molar-refractivity contribution in [2.45, 2.75) is 26.0 Å². The van der Waals surface area contributed by atoms with Crippen molar-refractivity contribution in [3.63, 3.8) is 0 Å². The highest BCUT2D eigenvalue weighted by Crippen LogP contribution is 2.18. The normalized spacial score (nSPS) is 12.2. The van der Waals surface area contributed by atoms with Gasteiger partial charge in [-0.3, -0.25) is 0 Å². The van der Waals surface area contributed by atoms with Gasteiger partial charge in [-0.25, -0.2) is 0 Å². The summed E-state index contributed by atoms with van der Waals surface area (Å²) in [5.41, 5.74) is 8.40. The molecule has 4 nitrogen and oxygen atoms in total. The summed E-state index contributed by atoms with van der Waals surface area (Å²) in [5, 5.41) is 12.0. The Balaban J connectivity index is 2.99. The fourth-order valence-electron chi connectivity index (χ4n) is 1.36. The zero-order valence-electron chi connectivity index (χ0n) is 10.6. The summed E-state index contributed by atoms with van der Waals surface area (Å²) in [6.45, 7) is 6.82. The molecule has 0 aliphatic heterocycles. The summed E-state index contributed by atoms with van der Waals surface area (Å²) in [7, 11) is 0. The molecule has 6 heteroatoms. The maximum absolute atomic E-state index is 5.74. The summed E-state index contributed by atoms with van der Waals surface area (Å²) >= 11 is 6.86. The van der Waals surface area contributed by atoms with E-state index < -0.39 is 0 Å². The van der Waals surface area contributed by atoms with E-state index in [-0.39, 0.29) is 0 Å². The lowest BCUT2D eigenvalue weighted by atomic mass is 10.1. The lowest BCUT2D eigenvalue weighted by Crippen LogP contribution is -2.21. The van der Waals surface area contributed by atoms with Crippen molar-refractivity contribution in [3.05, 3.63) is 16.8 Å². The zero-order chi connectivity index (χ0) is 13.0. The quantitative estimate of drug-likeness (QED) is 0.797. The van der Waals surface area contributed by atoms with E-state index in [0.717, 1.165) is 23.4 Å². The Hall–Kier alpha value is -0.880. The highest BCUT2D eigenvalue weighted by atomic mass is 32.2. The molecular weight excluding hydrogens is 252 g/mol. The summed E-state index contributed by atoms with van der Waals surface area (Å²) in [6, 6.07) is 0. The van der Waals surface area contributed by atoms with Gasteiger partial charge < -0.3 is 11.1 Å². The van der Waals surface area contributed by atoms with E-state index in [0.29, 0.717) is 16.1 Å². The Morgan fingerprint density at radius 2 is 2.12 bits per heavy atom. The third kappa shape index (κ3) is 3.54. The monoisotopic (exact) mass is 270 g/mol. The largest absolute Gasteiger partial charge is 0.389 e. The van der Waals surface area contributed by atoms with Gasteiger partial charge in [0.2, 0.25) is 0 Å². The fraction of sp³-hybridized carbons (Fsp3) is 0.545. The third-order valence-electron chi connectivity index (χ3n) is 2.66. The number of hydrogen-bond acceptors (Lipinski definition) is 5. The number of nitrogens with two attached hydrogens (primary N) is 1. The lowest BCUT2D eigenvalue weighted by molar-refractivity contribution is 0.926. The standard InChI is InChI=1S/C11H18N4S2/c1-6(17-4)5-13-11-9(10(12)16)7(2)8(3)14-15-11/h6H,5H2,1-4H3,(H2,12,16)(H,13,15). The summed E-state index contributed by atoms with van der Waals surface area (Å²) in [5.74, 6) is 0.682. The van der Waals surface area contributed by atoms with Crippen molar-refractivity contribution in [2.24, 2.45) is 5.73 Å². The molecule has 0 fully saturated rings. The molecule has 1 heterocycles. The first-order chi connectivity index (χ1) is 7.97. The van der Waals surface area contributed by atoms with Gasteiger partial charge in [-0.15, -0.1) is 5.10 Å². The van der Waals surface area contributed by atoms with Gasteiger partial charge in [-0.05, 0) is 25.7 Å². The van der Waals surface area contributed by atoms with E-state index in [1.54, 1.807) is 11.8 Å². The van der Waals surface area contributed by atoms with Gasteiger partial charge in [0, 0.05) is 11.8 Å². The number of thioether (sulfide) groups is 1. The van der Waals surface area contributed by atoms with Gasteiger partial charge in [0.05, 0.1) is 11.3 Å². The van der Waals surface area contributed by atoms with E-state index >= 15 is 0 Å². The van der Waals surface area contributed by atoms with Crippen LogP contribution in [0.25, 0.3) is 0 Å². The number of aryl methyl sites for hydroxylation is 1. The first-order valence-electron chi connectivity index (χ1n) is 5.37. The number of anilines is 1. The molecule has 0 aliphatic carbocycles. The van der Waals surface area contributed by atoms with Crippen LogP contribution in [0, 0.1) is 13.8 Å². The van der Waals surface area contributed by atoms with Crippen LogP contribution >= 0.6 is 24.0 Å². The summed E-state index contributed by atoms with van der Waals surface area (Å²) < 4.78 is 0. The minimum atomic E-state index is 0.361. The van der Waals surface area contributed by atoms with Gasteiger partial charge in [0.25, 0.3) is 0 Å². The van der Waals surface area contributed by atoms with Crippen LogP contribution in [0.5, 0.6) is 0 Å². The lowest BCUT2D eigenvalue weighted by Gasteiger charge is -2.15. The molecule has 0 spiro atoms. The van der Waals surface area contributed by atoms with Crippen molar-refractivity contribution in [1.82, 2.24) is 10.2 Å². The molecular formula is C11H18N4S2. The first-order valence-corrected chi connectivity index (χ1v) is 7.07. The molecule has 0 amide bonds. The Labute approximate surface area is 112 Å². The van der Waals surface area contributed by atoms with Gasteiger partial charge in [-0.1, -0.05) is 19.1 Å². The zero-order valence-corrected chi connectivity index (χ0v) is 12.2. The SMILES string of the molecule is CSC(C)CNc1nnc(C)c(C)c1C(N)=S. The maximum Gasteiger partial charge on any atom is 0.159 e. The van der Waals surface area contributed by atoms with Crippen LogP contribution in [0.1, 0.15) is 23.7 Å². The molecule has 0 saturated heterocycles. The number of nitrogens with zero attached hydrogens (tertiary/aromatic N) is 2. The van der Waals surface area contributed by atoms with Crippen LogP contribution in [0.3, 0.4) is 0 Å². The number of thiocarbonyl (C=S) groups is 1. The van der Waals surface area contributed by atoms with Crippen LogP contribution in [-0.2, 0) is 0 Å². The van der Waals surface area contributed by atoms with Crippen molar-refractivity contribution in [3.8, 4) is 0 Å². The second-order valence-electron chi connectivity index (χ2n) is 3.93. The van der Waals surface area contributed by atoms with E-state index in [4.69, 9.17) is 18.0 Å². The summed E-state index contributed by atoms with van der Waals surface area (Å²) in [6.07, 6.45) is 2.08. The van der Waals surface area contributed by atoms with Crippen LogP contribution in [0.4, 0.5) is 5.82 Å². The first kappa shape index (κ1) is 14.2. The third-order valence-corrected chi connectivity index (χ3v) is 3.84. The molecule has 0 aliphatic rings. The van der Waals surface area contributed by atoms with Crippen LogP contribution < -0.4 is 11.1 Å². The predicted octanol–water partition coefficient (Wildman–Crippen LogP) is 1.89. The minimum Gasteiger partial charge on any atom is -0.389 e. The second-order valence-corrected chi connectivity index (χ2v) is 5.64. The predicted molar refractivity (Wildman–Crippen MR) is 78.9 cm³/mol. The summed E-state index contributed by atoms with van der Waals surface area (Å²) in [4.78, 5) is 0.361. The number of hydrogen-bond donors (Lipinski definition) is 2. The fourth-order valence-corrected chi connectivity index (χ4v) is 1.86. The van der Waals surface area contributed by atoms with Crippen LogP contribution in [0.15, 0.2) is 0 Å². The molecule has 1 rings (SSSR count). The van der Waals surface area contributed by atoms with Crippen LogP contribution in [0.2, 0.25) is 0 Å². The minimum absolute atomic E-state index is 0.361. The number of nitrogens with one attached hydrogen (secondary N) is 1. The number of rotatable bonds is 5. The van der Waals surface area contributed by atoms with Gasteiger partial charge in [-0.2, -0.15) is 16.9 Å². The molecule has 0 radical (unpaired) electrons. The molecule has 17 heavy (non-hydrogen) atoms. The smallest absolute Gasteiger partial charge is 0.159 e. The average Bonchev–Trinajstić information content (AvgIpc) is 2.29. The molecule has 0 aromatic carbocycles. The van der Waals surface area contributed by atoms with Gasteiger partial charge in [0.15, 0.2) is 5.82 Å². The second kappa shape index (κ2) is 6.16. The molecule has 1 atom stereocenters. The molecule has 94 valence electrons. The van der Waals surface area contributed by atoms with Gasteiger partial charge >= 0.3 is 0 Å². The Bertz CT molecular complexity index is 420. The van der Waals surface area contributed by atoms with E-state index in [9.17, 15) is 0 Å². The van der Waals surface area contributed by atoms with Crippen molar-refractivity contribution in [2.75, 3.05) is 18.1 Å². The highest BCUT2D eigenvalue weighted by molar-refractivity contribution is 7.99. The van der Waals surface area contributed by atoms with Crippen LogP contribution in [-0.4, -0.2) is 33.2 Å². The Morgan fingerprint density at radius 1 is 1.47 bits per heavy atom. The van der Waals surface area contributed by atoms with E-state index in [1.807, 2.05) is 13.8 Å². The maximum atomic E-state index is 5.74. The molecule has 3 N–H and O–H groups in total. The molecule has 1 aromatic heterocycles. The topological polar surface area (TPSA) is 63.8 Å².